The smallest absolute Gasteiger partial charge is 0.242 e. The van der Waals surface area contributed by atoms with Crippen LogP contribution in [0.2, 0.25) is 0 Å². The predicted molar refractivity (Wildman–Crippen MR) is 77.3 cm³/mol. The zero-order valence-electron chi connectivity index (χ0n) is 12.2. The van der Waals surface area contributed by atoms with Crippen LogP contribution in [0.15, 0.2) is 6.07 Å². The highest BCUT2D eigenvalue weighted by molar-refractivity contribution is 5.84. The molecule has 1 aromatic rings. The van der Waals surface area contributed by atoms with E-state index in [1.54, 1.807) is 13.1 Å². The van der Waals surface area contributed by atoms with E-state index in [9.17, 15) is 4.79 Å². The topological polar surface area (TPSA) is 78.9 Å². The van der Waals surface area contributed by atoms with Crippen LogP contribution in [-0.2, 0) is 11.2 Å². The average Bonchev–Trinajstić information content (AvgIpc) is 2.37. The van der Waals surface area contributed by atoms with Gasteiger partial charge in [-0.2, -0.15) is 0 Å². The van der Waals surface area contributed by atoms with Gasteiger partial charge in [0.15, 0.2) is 0 Å². The van der Waals surface area contributed by atoms with E-state index in [4.69, 9.17) is 0 Å². The number of nitrogens with zero attached hydrogens (tertiary/aromatic N) is 2. The number of amides is 1. The van der Waals surface area contributed by atoms with Crippen molar-refractivity contribution in [2.45, 2.75) is 46.2 Å². The zero-order chi connectivity index (χ0) is 14.4. The van der Waals surface area contributed by atoms with Crippen LogP contribution in [-0.4, -0.2) is 35.0 Å². The summed E-state index contributed by atoms with van der Waals surface area (Å²) in [4.78, 5) is 20.5. The Morgan fingerprint density at radius 1 is 1.26 bits per heavy atom. The predicted octanol–water partition coefficient (Wildman–Crippen LogP) is 1.41. The molecular formula is C13H23N5O. The van der Waals surface area contributed by atoms with Gasteiger partial charge in [-0.3, -0.25) is 4.79 Å². The van der Waals surface area contributed by atoms with Crippen molar-refractivity contribution in [3.05, 3.63) is 11.9 Å². The Bertz CT molecular complexity index is 411. The van der Waals surface area contributed by atoms with Crippen LogP contribution in [0.25, 0.3) is 0 Å². The Hall–Kier alpha value is -1.85. The highest BCUT2D eigenvalue weighted by Crippen LogP contribution is 2.12. The summed E-state index contributed by atoms with van der Waals surface area (Å²) in [6, 6.07) is 1.58. The molecule has 1 rings (SSSR count). The first kappa shape index (κ1) is 15.2. The first-order valence-electron chi connectivity index (χ1n) is 6.58. The Balaban J connectivity index is 2.78. The Kier molecular flexibility index (Phi) is 5.54. The third-order valence-electron chi connectivity index (χ3n) is 2.53. The zero-order valence-corrected chi connectivity index (χ0v) is 12.2. The van der Waals surface area contributed by atoms with Gasteiger partial charge in [0.25, 0.3) is 0 Å². The molecule has 6 nitrogen and oxygen atoms in total. The Morgan fingerprint density at radius 3 is 2.42 bits per heavy atom. The summed E-state index contributed by atoms with van der Waals surface area (Å²) in [5.41, 5.74) is 0. The molecule has 1 heterocycles. The number of aromatic nitrogens is 2. The fraction of sp³-hybridized carbons (Fsp3) is 0.615. The molecule has 1 amide bonds. The van der Waals surface area contributed by atoms with Crippen LogP contribution in [0.1, 0.15) is 33.5 Å². The average molecular weight is 265 g/mol. The molecule has 3 N–H and O–H groups in total. The third kappa shape index (κ3) is 4.73. The Labute approximate surface area is 114 Å². The lowest BCUT2D eigenvalue weighted by molar-refractivity contribution is -0.122. The summed E-state index contributed by atoms with van der Waals surface area (Å²) in [7, 11) is 1.81. The van der Waals surface area contributed by atoms with Crippen molar-refractivity contribution in [3.63, 3.8) is 0 Å². The molecule has 0 aliphatic carbocycles. The second kappa shape index (κ2) is 6.92. The van der Waals surface area contributed by atoms with Gasteiger partial charge < -0.3 is 16.0 Å². The monoisotopic (exact) mass is 265 g/mol. The van der Waals surface area contributed by atoms with Gasteiger partial charge in [-0.1, -0.05) is 6.92 Å². The molecule has 0 bridgehead atoms. The van der Waals surface area contributed by atoms with Crippen molar-refractivity contribution in [1.82, 2.24) is 15.3 Å². The van der Waals surface area contributed by atoms with Crippen molar-refractivity contribution in [1.29, 1.82) is 0 Å². The van der Waals surface area contributed by atoms with Gasteiger partial charge in [0.1, 0.15) is 23.5 Å². The van der Waals surface area contributed by atoms with Gasteiger partial charge in [0.05, 0.1) is 0 Å². The largest absolute Gasteiger partial charge is 0.373 e. The summed E-state index contributed by atoms with van der Waals surface area (Å²) in [6.07, 6.45) is 0.747. The van der Waals surface area contributed by atoms with E-state index in [2.05, 4.69) is 25.9 Å². The Morgan fingerprint density at radius 2 is 1.89 bits per heavy atom. The summed E-state index contributed by atoms with van der Waals surface area (Å²) >= 11 is 0. The first-order valence-corrected chi connectivity index (χ1v) is 6.58. The molecule has 1 unspecified atom stereocenters. The molecule has 0 saturated heterocycles. The van der Waals surface area contributed by atoms with Gasteiger partial charge in [-0.25, -0.2) is 9.97 Å². The number of carbonyl (C=O) groups excluding carboxylic acids is 1. The van der Waals surface area contributed by atoms with Gasteiger partial charge in [0.2, 0.25) is 5.91 Å². The second-order valence-corrected chi connectivity index (χ2v) is 4.69. The summed E-state index contributed by atoms with van der Waals surface area (Å²) in [5.74, 6) is 2.09. The van der Waals surface area contributed by atoms with Crippen LogP contribution in [0.4, 0.5) is 11.6 Å². The molecule has 0 radical (unpaired) electrons. The number of hydrogen-bond donors (Lipinski definition) is 3. The lowest BCUT2D eigenvalue weighted by Crippen LogP contribution is -2.41. The number of nitrogens with one attached hydrogen (secondary N) is 3. The van der Waals surface area contributed by atoms with Gasteiger partial charge >= 0.3 is 0 Å². The molecule has 0 aliphatic heterocycles. The lowest BCUT2D eigenvalue weighted by atomic mass is 10.2. The molecule has 0 fully saturated rings. The van der Waals surface area contributed by atoms with E-state index in [1.165, 1.54) is 0 Å². The number of anilines is 2. The second-order valence-electron chi connectivity index (χ2n) is 4.69. The van der Waals surface area contributed by atoms with Crippen molar-refractivity contribution in [3.8, 4) is 0 Å². The van der Waals surface area contributed by atoms with Crippen molar-refractivity contribution in [2.75, 3.05) is 17.7 Å². The van der Waals surface area contributed by atoms with Gasteiger partial charge in [-0.05, 0) is 20.8 Å². The minimum atomic E-state index is -0.341. The minimum Gasteiger partial charge on any atom is -0.373 e. The van der Waals surface area contributed by atoms with E-state index < -0.39 is 0 Å². The SMILES string of the molecule is CCc1nc(NC)cc(NC(C)C(=O)NC(C)C)n1. The van der Waals surface area contributed by atoms with E-state index in [1.807, 2.05) is 27.7 Å². The summed E-state index contributed by atoms with van der Waals surface area (Å²) in [6.45, 7) is 7.67. The highest BCUT2D eigenvalue weighted by atomic mass is 16.2. The van der Waals surface area contributed by atoms with E-state index in [0.29, 0.717) is 5.82 Å². The number of carbonyl (C=O) groups is 1. The molecule has 1 aromatic heterocycles. The number of rotatable bonds is 6. The maximum Gasteiger partial charge on any atom is 0.242 e. The normalized spacial score (nSPS) is 12.1. The molecule has 106 valence electrons. The molecule has 19 heavy (non-hydrogen) atoms. The van der Waals surface area contributed by atoms with Crippen LogP contribution < -0.4 is 16.0 Å². The number of aryl methyl sites for hydroxylation is 1. The van der Waals surface area contributed by atoms with E-state index >= 15 is 0 Å². The molecule has 1 atom stereocenters. The minimum absolute atomic E-state index is 0.0438. The van der Waals surface area contributed by atoms with Crippen molar-refractivity contribution < 1.29 is 4.79 Å². The highest BCUT2D eigenvalue weighted by Gasteiger charge is 2.14. The molecule has 6 heteroatoms. The van der Waals surface area contributed by atoms with E-state index in [0.717, 1.165) is 18.1 Å². The molecule has 0 spiro atoms. The number of hydrogen-bond acceptors (Lipinski definition) is 5. The fourth-order valence-corrected chi connectivity index (χ4v) is 1.55. The molecule has 0 saturated carbocycles. The van der Waals surface area contributed by atoms with Gasteiger partial charge in [-0.15, -0.1) is 0 Å². The summed E-state index contributed by atoms with van der Waals surface area (Å²) < 4.78 is 0. The van der Waals surface area contributed by atoms with E-state index in [-0.39, 0.29) is 18.0 Å². The quantitative estimate of drug-likeness (QED) is 0.724. The van der Waals surface area contributed by atoms with Crippen LogP contribution in [0.5, 0.6) is 0 Å². The lowest BCUT2D eigenvalue weighted by Gasteiger charge is -2.17. The third-order valence-corrected chi connectivity index (χ3v) is 2.53. The molecular weight excluding hydrogens is 242 g/mol. The maximum atomic E-state index is 11.8. The maximum absolute atomic E-state index is 11.8. The van der Waals surface area contributed by atoms with Gasteiger partial charge in [0, 0.05) is 25.6 Å². The van der Waals surface area contributed by atoms with Crippen LogP contribution in [0, 0.1) is 0 Å². The van der Waals surface area contributed by atoms with Crippen molar-refractivity contribution in [2.24, 2.45) is 0 Å². The van der Waals surface area contributed by atoms with Crippen LogP contribution >= 0.6 is 0 Å². The fourth-order valence-electron chi connectivity index (χ4n) is 1.55. The summed E-state index contributed by atoms with van der Waals surface area (Å²) in [5, 5.41) is 8.94. The standard InChI is InChI=1S/C13H23N5O/c1-6-10-17-11(14-5)7-12(18-10)16-9(4)13(19)15-8(2)3/h7-9H,6H2,1-5H3,(H,15,19)(H2,14,16,17,18). The first-order chi connectivity index (χ1) is 8.96. The molecule has 0 aliphatic rings. The van der Waals surface area contributed by atoms with Crippen molar-refractivity contribution >= 4 is 17.5 Å². The molecule has 0 aromatic carbocycles. The van der Waals surface area contributed by atoms with Crippen LogP contribution in [0.3, 0.4) is 0 Å².